The number of hydrogen-bond donors (Lipinski definition) is 1. The summed E-state index contributed by atoms with van der Waals surface area (Å²) in [6.45, 7) is 11.3. The van der Waals surface area contributed by atoms with Gasteiger partial charge in [0.05, 0.1) is 6.10 Å². The number of rotatable bonds is 5. The van der Waals surface area contributed by atoms with Gasteiger partial charge in [0.25, 0.3) is 0 Å². The topological polar surface area (TPSA) is 41.6 Å². The van der Waals surface area contributed by atoms with Crippen LogP contribution in [-0.2, 0) is 16.7 Å². The van der Waals surface area contributed by atoms with Gasteiger partial charge in [0.2, 0.25) is 0 Å². The molecule has 0 radical (unpaired) electrons. The first-order valence-electron chi connectivity index (χ1n) is 8.64. The normalized spacial score (nSPS) is 18.0. The second-order valence-corrected chi connectivity index (χ2v) is 7.30. The Kier molecular flexibility index (Phi) is 6.05. The molecule has 1 aromatic rings. The van der Waals surface area contributed by atoms with E-state index in [9.17, 15) is 4.79 Å². The molecule has 0 spiro atoms. The second-order valence-electron chi connectivity index (χ2n) is 7.30. The Morgan fingerprint density at radius 1 is 1.30 bits per heavy atom. The Balaban J connectivity index is 2.05. The van der Waals surface area contributed by atoms with Gasteiger partial charge in [-0.25, -0.2) is 4.79 Å². The van der Waals surface area contributed by atoms with E-state index in [2.05, 4.69) is 50.4 Å². The molecule has 4 nitrogen and oxygen atoms in total. The van der Waals surface area contributed by atoms with Gasteiger partial charge in [-0.05, 0) is 36.3 Å². The van der Waals surface area contributed by atoms with Crippen LogP contribution in [0.25, 0.3) is 0 Å². The molecule has 0 saturated carbocycles. The standard InChI is InChI=1S/C19H30N2O2/c1-5-20-18(22)21(14-17-7-6-12-23-17)13-15-8-10-16(11-9-15)19(2,3)4/h8-11,17H,5-7,12-14H2,1-4H3,(H,20,22)/t17-/m1/s1. The van der Waals surface area contributed by atoms with E-state index in [1.54, 1.807) is 0 Å². The second kappa shape index (κ2) is 7.82. The van der Waals surface area contributed by atoms with E-state index in [0.29, 0.717) is 19.6 Å². The summed E-state index contributed by atoms with van der Waals surface area (Å²) < 4.78 is 5.69. The Labute approximate surface area is 140 Å². The van der Waals surface area contributed by atoms with Crippen molar-refractivity contribution in [2.24, 2.45) is 0 Å². The van der Waals surface area contributed by atoms with Crippen LogP contribution in [0.4, 0.5) is 4.79 Å². The minimum absolute atomic E-state index is 0.0112. The lowest BCUT2D eigenvalue weighted by Gasteiger charge is -2.26. The smallest absolute Gasteiger partial charge is 0.317 e. The van der Waals surface area contributed by atoms with Crippen molar-refractivity contribution in [2.45, 2.75) is 58.6 Å². The molecule has 0 unspecified atom stereocenters. The van der Waals surface area contributed by atoms with Crippen LogP contribution in [0.1, 0.15) is 51.7 Å². The molecule has 128 valence electrons. The number of ether oxygens (including phenoxy) is 1. The molecule has 1 aromatic carbocycles. The largest absolute Gasteiger partial charge is 0.376 e. The Morgan fingerprint density at radius 3 is 2.52 bits per heavy atom. The first-order valence-corrected chi connectivity index (χ1v) is 8.64. The number of carbonyl (C=O) groups is 1. The van der Waals surface area contributed by atoms with E-state index in [-0.39, 0.29) is 17.6 Å². The average Bonchev–Trinajstić information content (AvgIpc) is 2.99. The molecule has 4 heteroatoms. The van der Waals surface area contributed by atoms with Gasteiger partial charge in [-0.15, -0.1) is 0 Å². The Morgan fingerprint density at radius 2 is 2.00 bits per heavy atom. The van der Waals surface area contributed by atoms with Gasteiger partial charge in [-0.1, -0.05) is 45.0 Å². The van der Waals surface area contributed by atoms with Crippen molar-refractivity contribution in [3.05, 3.63) is 35.4 Å². The van der Waals surface area contributed by atoms with Crippen LogP contribution in [0.15, 0.2) is 24.3 Å². The van der Waals surface area contributed by atoms with E-state index in [1.165, 1.54) is 5.56 Å². The third-order valence-corrected chi connectivity index (χ3v) is 4.26. The SMILES string of the molecule is CCNC(=O)N(Cc1ccc(C(C)(C)C)cc1)C[C@H]1CCCO1. The number of nitrogens with one attached hydrogen (secondary N) is 1. The fourth-order valence-corrected chi connectivity index (χ4v) is 2.85. The highest BCUT2D eigenvalue weighted by atomic mass is 16.5. The van der Waals surface area contributed by atoms with Gasteiger partial charge in [-0.3, -0.25) is 0 Å². The van der Waals surface area contributed by atoms with Crippen LogP contribution in [0.5, 0.6) is 0 Å². The van der Waals surface area contributed by atoms with Crippen molar-refractivity contribution in [1.29, 1.82) is 0 Å². The van der Waals surface area contributed by atoms with Crippen molar-refractivity contribution in [2.75, 3.05) is 19.7 Å². The first-order chi connectivity index (χ1) is 10.9. The summed E-state index contributed by atoms with van der Waals surface area (Å²) in [4.78, 5) is 14.2. The highest BCUT2D eigenvalue weighted by molar-refractivity contribution is 5.74. The van der Waals surface area contributed by atoms with Gasteiger partial charge in [0, 0.05) is 26.2 Å². The summed E-state index contributed by atoms with van der Waals surface area (Å²) >= 11 is 0. The molecular formula is C19H30N2O2. The summed E-state index contributed by atoms with van der Waals surface area (Å²) in [6, 6.07) is 8.57. The summed E-state index contributed by atoms with van der Waals surface area (Å²) in [6.07, 6.45) is 2.30. The van der Waals surface area contributed by atoms with Crippen molar-refractivity contribution < 1.29 is 9.53 Å². The van der Waals surface area contributed by atoms with Gasteiger partial charge >= 0.3 is 6.03 Å². The molecule has 2 amide bonds. The molecular weight excluding hydrogens is 288 g/mol. The van der Waals surface area contributed by atoms with E-state index in [4.69, 9.17) is 4.74 Å². The monoisotopic (exact) mass is 318 g/mol. The van der Waals surface area contributed by atoms with Crippen molar-refractivity contribution in [3.8, 4) is 0 Å². The van der Waals surface area contributed by atoms with Crippen molar-refractivity contribution >= 4 is 6.03 Å². The molecule has 1 fully saturated rings. The quantitative estimate of drug-likeness (QED) is 0.899. The number of carbonyl (C=O) groups excluding carboxylic acids is 1. The van der Waals surface area contributed by atoms with Crippen molar-refractivity contribution in [1.82, 2.24) is 10.2 Å². The van der Waals surface area contributed by atoms with Crippen LogP contribution in [0, 0.1) is 0 Å². The van der Waals surface area contributed by atoms with E-state index in [0.717, 1.165) is 25.0 Å². The van der Waals surface area contributed by atoms with E-state index >= 15 is 0 Å². The minimum Gasteiger partial charge on any atom is -0.376 e. The molecule has 0 aliphatic carbocycles. The average molecular weight is 318 g/mol. The first kappa shape index (κ1) is 17.8. The maximum Gasteiger partial charge on any atom is 0.317 e. The molecule has 1 N–H and O–H groups in total. The maximum absolute atomic E-state index is 12.3. The Bertz CT molecular complexity index is 499. The number of benzene rings is 1. The molecule has 23 heavy (non-hydrogen) atoms. The summed E-state index contributed by atoms with van der Waals surface area (Å²) in [5, 5.41) is 2.91. The lowest BCUT2D eigenvalue weighted by molar-refractivity contribution is 0.0796. The zero-order valence-electron chi connectivity index (χ0n) is 14.9. The summed E-state index contributed by atoms with van der Waals surface area (Å²) in [5.41, 5.74) is 2.61. The van der Waals surface area contributed by atoms with Gasteiger partial charge in [0.15, 0.2) is 0 Å². The highest BCUT2D eigenvalue weighted by Gasteiger charge is 2.22. The van der Waals surface area contributed by atoms with Gasteiger partial charge in [0.1, 0.15) is 0 Å². The number of urea groups is 1. The molecule has 2 rings (SSSR count). The predicted octanol–water partition coefficient (Wildman–Crippen LogP) is 3.69. The molecule has 1 aliphatic rings. The van der Waals surface area contributed by atoms with Gasteiger partial charge < -0.3 is 15.0 Å². The third-order valence-electron chi connectivity index (χ3n) is 4.26. The number of nitrogens with zero attached hydrogens (tertiary/aromatic N) is 1. The Hall–Kier alpha value is -1.55. The lowest BCUT2D eigenvalue weighted by atomic mass is 9.87. The van der Waals surface area contributed by atoms with Crippen LogP contribution in [0.2, 0.25) is 0 Å². The summed E-state index contributed by atoms with van der Waals surface area (Å²) in [5.74, 6) is 0. The highest BCUT2D eigenvalue weighted by Crippen LogP contribution is 2.23. The fraction of sp³-hybridized carbons (Fsp3) is 0.632. The molecule has 1 saturated heterocycles. The molecule has 1 heterocycles. The molecule has 1 aliphatic heterocycles. The lowest BCUT2D eigenvalue weighted by Crippen LogP contribution is -2.43. The number of hydrogen-bond acceptors (Lipinski definition) is 2. The maximum atomic E-state index is 12.3. The zero-order chi connectivity index (χ0) is 16.9. The zero-order valence-corrected chi connectivity index (χ0v) is 14.9. The molecule has 1 atom stereocenters. The fourth-order valence-electron chi connectivity index (χ4n) is 2.85. The summed E-state index contributed by atoms with van der Waals surface area (Å²) in [7, 11) is 0. The van der Waals surface area contributed by atoms with Crippen LogP contribution >= 0.6 is 0 Å². The third kappa shape index (κ3) is 5.24. The molecule has 0 aromatic heterocycles. The van der Waals surface area contributed by atoms with Crippen molar-refractivity contribution in [3.63, 3.8) is 0 Å². The van der Waals surface area contributed by atoms with Crippen LogP contribution in [-0.4, -0.2) is 36.7 Å². The minimum atomic E-state index is -0.0112. The van der Waals surface area contributed by atoms with Crippen LogP contribution < -0.4 is 5.32 Å². The molecule has 0 bridgehead atoms. The van der Waals surface area contributed by atoms with E-state index in [1.807, 2.05) is 11.8 Å². The van der Waals surface area contributed by atoms with Gasteiger partial charge in [-0.2, -0.15) is 0 Å². The van der Waals surface area contributed by atoms with Crippen LogP contribution in [0.3, 0.4) is 0 Å². The number of amides is 2. The predicted molar refractivity (Wildman–Crippen MR) is 93.6 cm³/mol. The van der Waals surface area contributed by atoms with E-state index < -0.39 is 0 Å².